The molecule has 14 heavy (non-hydrogen) atoms. The highest BCUT2D eigenvalue weighted by Gasteiger charge is 2.18. The Morgan fingerprint density at radius 1 is 1.21 bits per heavy atom. The van der Waals surface area contributed by atoms with Crippen LogP contribution in [-0.2, 0) is 4.79 Å². The highest BCUT2D eigenvalue weighted by Crippen LogP contribution is 2.19. The average Bonchev–Trinajstić information content (AvgIpc) is 2.16. The average molecular weight is 188 g/mol. The number of allylic oxidation sites excluding steroid dienone is 1. The first kappa shape index (κ1) is 10.7. The minimum atomic E-state index is -0.365. The van der Waals surface area contributed by atoms with Gasteiger partial charge in [-0.15, -0.1) is 0 Å². The van der Waals surface area contributed by atoms with E-state index in [0.29, 0.717) is 0 Å². The number of carbonyl (C=O) groups is 1. The van der Waals surface area contributed by atoms with Crippen molar-refractivity contribution in [1.29, 1.82) is 0 Å². The van der Waals surface area contributed by atoms with Crippen molar-refractivity contribution in [3.8, 4) is 0 Å². The number of benzene rings is 1. The Kier molecular flexibility index (Phi) is 3.23. The molecule has 0 aromatic heterocycles. The van der Waals surface area contributed by atoms with Crippen LogP contribution in [0.15, 0.2) is 36.4 Å². The molecule has 0 saturated heterocycles. The number of rotatable bonds is 3. The quantitative estimate of drug-likeness (QED) is 0.711. The second-order valence-corrected chi connectivity index (χ2v) is 4.02. The third kappa shape index (κ3) is 2.84. The maximum absolute atomic E-state index is 11.2. The van der Waals surface area contributed by atoms with Gasteiger partial charge in [0.1, 0.15) is 5.78 Å². The number of ketones is 1. The minimum absolute atomic E-state index is 0.185. The molecule has 0 atom stereocenters. The lowest BCUT2D eigenvalue weighted by molar-refractivity contribution is -0.122. The van der Waals surface area contributed by atoms with Gasteiger partial charge in [0.15, 0.2) is 0 Å². The molecule has 0 N–H and O–H groups in total. The second-order valence-electron chi connectivity index (χ2n) is 4.02. The molecule has 0 amide bonds. The third-order valence-electron chi connectivity index (χ3n) is 2.40. The Hall–Kier alpha value is -1.37. The molecule has 0 fully saturated rings. The summed E-state index contributed by atoms with van der Waals surface area (Å²) in [5.41, 5.74) is 0.761. The van der Waals surface area contributed by atoms with Gasteiger partial charge in [-0.3, -0.25) is 4.79 Å². The molecule has 0 bridgehead atoms. The van der Waals surface area contributed by atoms with Gasteiger partial charge in [-0.25, -0.2) is 0 Å². The van der Waals surface area contributed by atoms with E-state index in [2.05, 4.69) is 0 Å². The number of hydrogen-bond donors (Lipinski definition) is 0. The summed E-state index contributed by atoms with van der Waals surface area (Å²) in [6.45, 7) is 5.47. The lowest BCUT2D eigenvalue weighted by Gasteiger charge is -2.15. The summed E-state index contributed by atoms with van der Waals surface area (Å²) < 4.78 is 0. The highest BCUT2D eigenvalue weighted by atomic mass is 16.1. The molecule has 74 valence electrons. The zero-order valence-electron chi connectivity index (χ0n) is 8.95. The van der Waals surface area contributed by atoms with E-state index in [1.807, 2.05) is 56.3 Å². The molecule has 0 heterocycles. The van der Waals surface area contributed by atoms with Gasteiger partial charge < -0.3 is 0 Å². The van der Waals surface area contributed by atoms with Crippen LogP contribution in [0.5, 0.6) is 0 Å². The fraction of sp³-hybridized carbons (Fsp3) is 0.308. The van der Waals surface area contributed by atoms with E-state index < -0.39 is 0 Å². The molecule has 0 spiro atoms. The Morgan fingerprint density at radius 2 is 1.79 bits per heavy atom. The van der Waals surface area contributed by atoms with Gasteiger partial charge in [0.25, 0.3) is 0 Å². The summed E-state index contributed by atoms with van der Waals surface area (Å²) in [4.78, 5) is 11.2. The summed E-state index contributed by atoms with van der Waals surface area (Å²) in [5.74, 6) is 0.185. The van der Waals surface area contributed by atoms with Crippen LogP contribution in [0.1, 0.15) is 26.3 Å². The topological polar surface area (TPSA) is 17.1 Å². The fourth-order valence-electron chi connectivity index (χ4n) is 0.986. The van der Waals surface area contributed by atoms with Crippen molar-refractivity contribution in [2.24, 2.45) is 5.41 Å². The molecule has 0 aliphatic heterocycles. The van der Waals surface area contributed by atoms with Crippen molar-refractivity contribution in [2.45, 2.75) is 20.8 Å². The van der Waals surface area contributed by atoms with Crippen molar-refractivity contribution in [2.75, 3.05) is 0 Å². The van der Waals surface area contributed by atoms with Crippen molar-refractivity contribution in [3.05, 3.63) is 42.0 Å². The van der Waals surface area contributed by atoms with Crippen LogP contribution in [0, 0.1) is 5.41 Å². The lowest BCUT2D eigenvalue weighted by atomic mass is 9.88. The van der Waals surface area contributed by atoms with E-state index in [1.54, 1.807) is 6.92 Å². The molecule has 0 saturated carbocycles. The molecule has 1 rings (SSSR count). The number of carbonyl (C=O) groups excluding carboxylic acids is 1. The van der Waals surface area contributed by atoms with Crippen LogP contribution in [0.4, 0.5) is 0 Å². The molecule has 0 radical (unpaired) electrons. The molecule has 1 aromatic carbocycles. The predicted molar refractivity (Wildman–Crippen MR) is 59.9 cm³/mol. The molecular weight excluding hydrogens is 172 g/mol. The van der Waals surface area contributed by atoms with E-state index in [-0.39, 0.29) is 11.2 Å². The smallest absolute Gasteiger partial charge is 0.139 e. The van der Waals surface area contributed by atoms with Crippen LogP contribution < -0.4 is 0 Å². The standard InChI is InChI=1S/C13H16O/c1-11(14)13(2,3)10-9-12-7-5-4-6-8-12/h4-10H,1-3H3/b10-9+. The van der Waals surface area contributed by atoms with Crippen molar-refractivity contribution < 1.29 is 4.79 Å². The van der Waals surface area contributed by atoms with E-state index in [9.17, 15) is 4.79 Å². The maximum atomic E-state index is 11.2. The first-order chi connectivity index (χ1) is 6.52. The fourth-order valence-corrected chi connectivity index (χ4v) is 0.986. The number of hydrogen-bond acceptors (Lipinski definition) is 1. The lowest BCUT2D eigenvalue weighted by Crippen LogP contribution is -2.17. The summed E-state index contributed by atoms with van der Waals surface area (Å²) in [5, 5.41) is 0. The van der Waals surface area contributed by atoms with Crippen molar-refractivity contribution >= 4 is 11.9 Å². The molecule has 1 nitrogen and oxygen atoms in total. The van der Waals surface area contributed by atoms with E-state index in [0.717, 1.165) is 5.56 Å². The van der Waals surface area contributed by atoms with Crippen molar-refractivity contribution in [1.82, 2.24) is 0 Å². The first-order valence-electron chi connectivity index (χ1n) is 4.78. The number of Topliss-reactive ketones (excluding diaryl/α,β-unsaturated/α-hetero) is 1. The molecule has 1 heteroatoms. The zero-order chi connectivity index (χ0) is 10.6. The molecule has 1 aromatic rings. The van der Waals surface area contributed by atoms with Crippen LogP contribution in [-0.4, -0.2) is 5.78 Å². The highest BCUT2D eigenvalue weighted by molar-refractivity contribution is 5.84. The summed E-state index contributed by atoms with van der Waals surface area (Å²) in [6, 6.07) is 9.99. The van der Waals surface area contributed by atoms with E-state index in [4.69, 9.17) is 0 Å². The summed E-state index contributed by atoms with van der Waals surface area (Å²) >= 11 is 0. The van der Waals surface area contributed by atoms with Crippen LogP contribution in [0.25, 0.3) is 6.08 Å². The van der Waals surface area contributed by atoms with Crippen LogP contribution >= 0.6 is 0 Å². The normalized spacial score (nSPS) is 11.9. The van der Waals surface area contributed by atoms with E-state index in [1.165, 1.54) is 0 Å². The van der Waals surface area contributed by atoms with Gasteiger partial charge in [0.05, 0.1) is 0 Å². The van der Waals surface area contributed by atoms with Crippen molar-refractivity contribution in [3.63, 3.8) is 0 Å². The Labute approximate surface area is 85.5 Å². The zero-order valence-corrected chi connectivity index (χ0v) is 8.95. The predicted octanol–water partition coefficient (Wildman–Crippen LogP) is 3.32. The van der Waals surface area contributed by atoms with Crippen LogP contribution in [0.3, 0.4) is 0 Å². The Balaban J connectivity index is 2.79. The molecular formula is C13H16O. The Morgan fingerprint density at radius 3 is 2.29 bits per heavy atom. The maximum Gasteiger partial charge on any atom is 0.139 e. The van der Waals surface area contributed by atoms with Gasteiger partial charge in [-0.05, 0) is 26.3 Å². The largest absolute Gasteiger partial charge is 0.299 e. The molecule has 0 aliphatic carbocycles. The van der Waals surface area contributed by atoms with Gasteiger partial charge in [-0.1, -0.05) is 42.5 Å². The van der Waals surface area contributed by atoms with Gasteiger partial charge in [-0.2, -0.15) is 0 Å². The second kappa shape index (κ2) is 4.23. The van der Waals surface area contributed by atoms with E-state index >= 15 is 0 Å². The third-order valence-corrected chi connectivity index (χ3v) is 2.40. The SMILES string of the molecule is CC(=O)C(C)(C)/C=C/c1ccccc1. The first-order valence-corrected chi connectivity index (χ1v) is 4.78. The Bertz CT molecular complexity index is 334. The molecule has 0 unspecified atom stereocenters. The minimum Gasteiger partial charge on any atom is -0.299 e. The monoisotopic (exact) mass is 188 g/mol. The summed E-state index contributed by atoms with van der Waals surface area (Å²) in [6.07, 6.45) is 3.94. The summed E-state index contributed by atoms with van der Waals surface area (Å²) in [7, 11) is 0. The van der Waals surface area contributed by atoms with Gasteiger partial charge >= 0.3 is 0 Å². The molecule has 0 aliphatic rings. The van der Waals surface area contributed by atoms with Crippen LogP contribution in [0.2, 0.25) is 0 Å². The van der Waals surface area contributed by atoms with Gasteiger partial charge in [0.2, 0.25) is 0 Å². The van der Waals surface area contributed by atoms with Gasteiger partial charge in [0, 0.05) is 5.41 Å².